The zero-order valence-electron chi connectivity index (χ0n) is 14.4. The number of sulfonamides is 1. The Balaban J connectivity index is 1.75. The van der Waals surface area contributed by atoms with Crippen LogP contribution in [0.1, 0.15) is 5.56 Å². The third-order valence-corrected chi connectivity index (χ3v) is 5.55. The average Bonchev–Trinajstić information content (AvgIpc) is 2.62. The fourth-order valence-corrected chi connectivity index (χ4v) is 3.94. The number of morpholine rings is 1. The normalized spacial score (nSPS) is 15.0. The third kappa shape index (κ3) is 4.05. The fourth-order valence-electron chi connectivity index (χ4n) is 2.79. The first-order valence-electron chi connectivity index (χ1n) is 8.10. The molecule has 2 aromatic rings. The molecule has 0 aliphatic carbocycles. The minimum atomic E-state index is -3.64. The summed E-state index contributed by atoms with van der Waals surface area (Å²) < 4.78 is 38.3. The smallest absolute Gasteiger partial charge is 0.261 e. The van der Waals surface area contributed by atoms with Crippen LogP contribution in [0.5, 0.6) is 5.75 Å². The molecule has 7 heteroatoms. The first-order chi connectivity index (χ1) is 12.0. The van der Waals surface area contributed by atoms with Gasteiger partial charge in [0.1, 0.15) is 5.75 Å². The molecule has 0 saturated carbocycles. The molecule has 1 heterocycles. The summed E-state index contributed by atoms with van der Waals surface area (Å²) in [5, 5.41) is 0. The van der Waals surface area contributed by atoms with Gasteiger partial charge in [0.2, 0.25) is 0 Å². The Labute approximate surface area is 148 Å². The van der Waals surface area contributed by atoms with Crippen LogP contribution in [0.25, 0.3) is 0 Å². The molecule has 3 rings (SSSR count). The summed E-state index contributed by atoms with van der Waals surface area (Å²) in [4.78, 5) is 2.43. The Morgan fingerprint density at radius 1 is 1.08 bits per heavy atom. The lowest BCUT2D eigenvalue weighted by Crippen LogP contribution is -2.36. The highest BCUT2D eigenvalue weighted by molar-refractivity contribution is 7.92. The van der Waals surface area contributed by atoms with Gasteiger partial charge in [0.25, 0.3) is 10.0 Å². The van der Waals surface area contributed by atoms with Crippen LogP contribution in [-0.2, 0) is 14.8 Å². The van der Waals surface area contributed by atoms with Gasteiger partial charge in [0.15, 0.2) is 0 Å². The average molecular weight is 362 g/mol. The zero-order chi connectivity index (χ0) is 17.9. The van der Waals surface area contributed by atoms with E-state index in [0.29, 0.717) is 24.7 Å². The zero-order valence-corrected chi connectivity index (χ0v) is 15.2. The van der Waals surface area contributed by atoms with Gasteiger partial charge >= 0.3 is 0 Å². The van der Waals surface area contributed by atoms with Crippen molar-refractivity contribution in [3.63, 3.8) is 0 Å². The highest BCUT2D eigenvalue weighted by atomic mass is 32.2. The van der Waals surface area contributed by atoms with Crippen LogP contribution < -0.4 is 14.4 Å². The molecular weight excluding hydrogens is 340 g/mol. The quantitative estimate of drug-likeness (QED) is 0.886. The van der Waals surface area contributed by atoms with Gasteiger partial charge in [0.05, 0.1) is 25.2 Å². The fraction of sp³-hybridized carbons (Fsp3) is 0.333. The van der Waals surface area contributed by atoms with E-state index in [4.69, 9.17) is 9.47 Å². The molecule has 1 aliphatic heterocycles. The third-order valence-electron chi connectivity index (χ3n) is 4.17. The van der Waals surface area contributed by atoms with E-state index in [9.17, 15) is 8.42 Å². The first-order valence-corrected chi connectivity index (χ1v) is 9.58. The van der Waals surface area contributed by atoms with Crippen LogP contribution in [-0.4, -0.2) is 41.8 Å². The summed E-state index contributed by atoms with van der Waals surface area (Å²) in [5.41, 5.74) is 2.37. The number of hydrogen-bond acceptors (Lipinski definition) is 5. The van der Waals surface area contributed by atoms with E-state index >= 15 is 0 Å². The Hall–Kier alpha value is -2.25. The molecule has 0 atom stereocenters. The highest BCUT2D eigenvalue weighted by Gasteiger charge is 2.16. The van der Waals surface area contributed by atoms with Gasteiger partial charge in [-0.15, -0.1) is 0 Å². The van der Waals surface area contributed by atoms with E-state index in [1.54, 1.807) is 31.4 Å². The SMILES string of the molecule is COc1ccc(S(=O)(=O)Nc2ccc(N3CCOCC3)cc2)cc1C. The van der Waals surface area contributed by atoms with E-state index in [1.165, 1.54) is 6.07 Å². The molecule has 0 unspecified atom stereocenters. The summed E-state index contributed by atoms with van der Waals surface area (Å²) in [6.45, 7) is 4.93. The van der Waals surface area contributed by atoms with E-state index < -0.39 is 10.0 Å². The largest absolute Gasteiger partial charge is 0.496 e. The molecule has 0 spiro atoms. The van der Waals surface area contributed by atoms with Crippen molar-refractivity contribution in [2.24, 2.45) is 0 Å². The maximum atomic E-state index is 12.6. The number of hydrogen-bond donors (Lipinski definition) is 1. The van der Waals surface area contributed by atoms with E-state index in [-0.39, 0.29) is 4.90 Å². The molecule has 1 saturated heterocycles. The van der Waals surface area contributed by atoms with Gasteiger partial charge in [-0.25, -0.2) is 8.42 Å². The molecule has 1 aliphatic rings. The molecule has 0 radical (unpaired) electrons. The van der Waals surface area contributed by atoms with Crippen molar-refractivity contribution in [1.29, 1.82) is 0 Å². The number of nitrogens with zero attached hydrogens (tertiary/aromatic N) is 1. The van der Waals surface area contributed by atoms with Crippen LogP contribution in [0.3, 0.4) is 0 Å². The van der Waals surface area contributed by atoms with Gasteiger partial charge in [0, 0.05) is 24.5 Å². The van der Waals surface area contributed by atoms with E-state index in [1.807, 2.05) is 19.1 Å². The minimum Gasteiger partial charge on any atom is -0.496 e. The lowest BCUT2D eigenvalue weighted by molar-refractivity contribution is 0.122. The Morgan fingerprint density at radius 2 is 1.76 bits per heavy atom. The van der Waals surface area contributed by atoms with Crippen molar-refractivity contribution in [3.8, 4) is 5.75 Å². The van der Waals surface area contributed by atoms with Gasteiger partial charge < -0.3 is 14.4 Å². The maximum absolute atomic E-state index is 12.6. The molecule has 6 nitrogen and oxygen atoms in total. The maximum Gasteiger partial charge on any atom is 0.261 e. The number of nitrogens with one attached hydrogen (secondary N) is 1. The van der Waals surface area contributed by atoms with Crippen LogP contribution in [0.4, 0.5) is 11.4 Å². The highest BCUT2D eigenvalue weighted by Crippen LogP contribution is 2.24. The van der Waals surface area contributed by atoms with Gasteiger partial charge in [-0.3, -0.25) is 4.72 Å². The molecule has 1 fully saturated rings. The van der Waals surface area contributed by atoms with Crippen LogP contribution in [0.15, 0.2) is 47.4 Å². The lowest BCUT2D eigenvalue weighted by Gasteiger charge is -2.28. The van der Waals surface area contributed by atoms with Crippen molar-refractivity contribution < 1.29 is 17.9 Å². The Kier molecular flexibility index (Phi) is 5.15. The molecular formula is C18H22N2O4S. The Morgan fingerprint density at radius 3 is 2.36 bits per heavy atom. The van der Waals surface area contributed by atoms with Crippen LogP contribution in [0.2, 0.25) is 0 Å². The minimum absolute atomic E-state index is 0.211. The summed E-state index contributed by atoms with van der Waals surface area (Å²) in [6.07, 6.45) is 0. The summed E-state index contributed by atoms with van der Waals surface area (Å²) in [6, 6.07) is 12.2. The first kappa shape index (κ1) is 17.6. The molecule has 0 bridgehead atoms. The summed E-state index contributed by atoms with van der Waals surface area (Å²) in [7, 11) is -2.08. The van der Waals surface area contributed by atoms with E-state index in [0.717, 1.165) is 24.3 Å². The molecule has 0 aromatic heterocycles. The second-order valence-electron chi connectivity index (χ2n) is 5.88. The molecule has 1 N–H and O–H groups in total. The van der Waals surface area contributed by atoms with Gasteiger partial charge in [-0.1, -0.05) is 0 Å². The number of rotatable bonds is 5. The standard InChI is InChI=1S/C18H22N2O4S/c1-14-13-17(7-8-18(14)23-2)25(21,22)19-15-3-5-16(6-4-15)20-9-11-24-12-10-20/h3-8,13,19H,9-12H2,1-2H3. The number of benzene rings is 2. The van der Waals surface area contributed by atoms with Crippen molar-refractivity contribution in [3.05, 3.63) is 48.0 Å². The van der Waals surface area contributed by atoms with Crippen molar-refractivity contribution in [1.82, 2.24) is 0 Å². The molecule has 2 aromatic carbocycles. The number of anilines is 2. The van der Waals surface area contributed by atoms with Crippen LogP contribution >= 0.6 is 0 Å². The number of ether oxygens (including phenoxy) is 2. The second-order valence-corrected chi connectivity index (χ2v) is 7.57. The molecule has 134 valence electrons. The van der Waals surface area contributed by atoms with Crippen molar-refractivity contribution in [2.75, 3.05) is 43.0 Å². The number of aryl methyl sites for hydroxylation is 1. The second kappa shape index (κ2) is 7.33. The lowest BCUT2D eigenvalue weighted by atomic mass is 10.2. The predicted octanol–water partition coefficient (Wildman–Crippen LogP) is 2.64. The van der Waals surface area contributed by atoms with Gasteiger partial charge in [-0.05, 0) is 55.0 Å². The predicted molar refractivity (Wildman–Crippen MR) is 98.0 cm³/mol. The van der Waals surface area contributed by atoms with Crippen molar-refractivity contribution in [2.45, 2.75) is 11.8 Å². The number of methoxy groups -OCH3 is 1. The summed E-state index contributed by atoms with van der Waals surface area (Å²) in [5.74, 6) is 0.661. The molecule has 0 amide bonds. The molecule has 25 heavy (non-hydrogen) atoms. The summed E-state index contributed by atoms with van der Waals surface area (Å²) >= 11 is 0. The van der Waals surface area contributed by atoms with E-state index in [2.05, 4.69) is 9.62 Å². The topological polar surface area (TPSA) is 67.9 Å². The monoisotopic (exact) mass is 362 g/mol. The van der Waals surface area contributed by atoms with Gasteiger partial charge in [-0.2, -0.15) is 0 Å². The Bertz CT molecular complexity index is 829. The van der Waals surface area contributed by atoms with Crippen LogP contribution in [0, 0.1) is 6.92 Å². The van der Waals surface area contributed by atoms with Crippen molar-refractivity contribution >= 4 is 21.4 Å².